The maximum atomic E-state index is 15.2. The fourth-order valence-corrected chi connectivity index (χ4v) is 4.13. The van der Waals surface area contributed by atoms with E-state index in [0.29, 0.717) is 5.16 Å². The van der Waals surface area contributed by atoms with E-state index < -0.39 is 34.4 Å². The number of carbonyl (C=O) groups excluding carboxylic acids is 1. The monoisotopic (exact) mass is 533 g/mol. The molecule has 0 aliphatic heterocycles. The first-order valence-corrected chi connectivity index (χ1v) is 12.1. The second-order valence-corrected chi connectivity index (χ2v) is 8.76. The summed E-state index contributed by atoms with van der Waals surface area (Å²) < 4.78 is 44.6. The molecule has 0 saturated heterocycles. The number of aromatic nitrogens is 6. The van der Waals surface area contributed by atoms with Crippen LogP contribution in [0.3, 0.4) is 0 Å². The van der Waals surface area contributed by atoms with E-state index in [1.54, 1.807) is 6.20 Å². The molecule has 1 atom stereocenters. The Bertz CT molecular complexity index is 1400. The minimum atomic E-state index is -3.09. The lowest BCUT2D eigenvalue weighted by molar-refractivity contribution is 0.0992. The number of rotatable bonds is 7. The first-order valence-electron chi connectivity index (χ1n) is 10.5. The van der Waals surface area contributed by atoms with Crippen LogP contribution in [0.25, 0.3) is 0 Å². The molecule has 3 heterocycles. The fourth-order valence-electron chi connectivity index (χ4n) is 3.59. The van der Waals surface area contributed by atoms with Crippen LogP contribution in [0, 0.1) is 12.7 Å². The predicted molar refractivity (Wildman–Crippen MR) is 129 cm³/mol. The molecule has 1 amide bonds. The average molecular weight is 534 g/mol. The van der Waals surface area contributed by atoms with Gasteiger partial charge in [-0.05, 0) is 32.2 Å². The Hall–Kier alpha value is -3.51. The van der Waals surface area contributed by atoms with E-state index >= 15 is 4.39 Å². The van der Waals surface area contributed by atoms with E-state index in [9.17, 15) is 13.6 Å². The van der Waals surface area contributed by atoms with Crippen LogP contribution in [-0.2, 0) is 0 Å². The van der Waals surface area contributed by atoms with Gasteiger partial charge in [0.25, 0.3) is 12.3 Å². The molecular weight excluding hydrogens is 515 g/mol. The van der Waals surface area contributed by atoms with Gasteiger partial charge in [0.2, 0.25) is 0 Å². The molecule has 4 rings (SSSR count). The van der Waals surface area contributed by atoms with Crippen LogP contribution < -0.4 is 4.90 Å². The first kappa shape index (κ1) is 25.6. The Morgan fingerprint density at radius 3 is 2.56 bits per heavy atom. The van der Waals surface area contributed by atoms with Gasteiger partial charge in [-0.15, -0.1) is 0 Å². The van der Waals surface area contributed by atoms with Gasteiger partial charge in [-0.25, -0.2) is 28.1 Å². The van der Waals surface area contributed by atoms with E-state index in [2.05, 4.69) is 25.0 Å². The Morgan fingerprint density at radius 2 is 1.92 bits per heavy atom. The Labute approximate surface area is 213 Å². The minimum absolute atomic E-state index is 0.0277. The summed E-state index contributed by atoms with van der Waals surface area (Å²) in [7, 11) is 0. The van der Waals surface area contributed by atoms with Crippen molar-refractivity contribution in [1.82, 2.24) is 29.7 Å². The van der Waals surface area contributed by atoms with Crippen LogP contribution in [0.5, 0.6) is 0 Å². The van der Waals surface area contributed by atoms with Crippen LogP contribution in [-0.4, -0.2) is 41.9 Å². The topological polar surface area (TPSA) is 89.7 Å². The molecule has 8 nitrogen and oxygen atoms in total. The Balaban J connectivity index is 1.84. The highest BCUT2D eigenvalue weighted by molar-refractivity contribution is 7.98. The number of carbonyl (C=O) groups is 1. The van der Waals surface area contributed by atoms with Crippen molar-refractivity contribution in [3.05, 3.63) is 82.7 Å². The standard InChI is InChI=1S/C23H19ClF3N7OS/c1-12-16(9-30-23(32-12)36-3)13(2)33-11-14(8-31-33)34(22(35)18-10-28-6-7-29-18)20-15(21(26)27)4-5-17(24)19(20)25/h4-11,13,21H,1-3H3. The van der Waals surface area contributed by atoms with Gasteiger partial charge in [0.05, 0.1) is 34.8 Å². The van der Waals surface area contributed by atoms with Crippen molar-refractivity contribution in [2.45, 2.75) is 31.5 Å². The van der Waals surface area contributed by atoms with Gasteiger partial charge in [-0.3, -0.25) is 19.4 Å². The predicted octanol–water partition coefficient (Wildman–Crippen LogP) is 5.81. The van der Waals surface area contributed by atoms with Gasteiger partial charge in [-0.2, -0.15) is 5.10 Å². The van der Waals surface area contributed by atoms with Gasteiger partial charge in [-0.1, -0.05) is 23.4 Å². The molecule has 1 aromatic carbocycles. The van der Waals surface area contributed by atoms with Crippen molar-refractivity contribution in [2.24, 2.45) is 0 Å². The Kier molecular flexibility index (Phi) is 7.55. The molecule has 0 fully saturated rings. The van der Waals surface area contributed by atoms with E-state index in [-0.39, 0.29) is 17.4 Å². The van der Waals surface area contributed by atoms with Gasteiger partial charge >= 0.3 is 0 Å². The van der Waals surface area contributed by atoms with Gasteiger partial charge in [0, 0.05) is 41.6 Å². The third-order valence-electron chi connectivity index (χ3n) is 5.42. The molecule has 0 aliphatic carbocycles. The quantitative estimate of drug-likeness (QED) is 0.219. The zero-order valence-electron chi connectivity index (χ0n) is 19.2. The van der Waals surface area contributed by atoms with Crippen molar-refractivity contribution in [1.29, 1.82) is 0 Å². The summed E-state index contributed by atoms with van der Waals surface area (Å²) in [5, 5.41) is 4.50. The van der Waals surface area contributed by atoms with Crippen molar-refractivity contribution in [3.8, 4) is 0 Å². The second-order valence-electron chi connectivity index (χ2n) is 7.58. The summed E-state index contributed by atoms with van der Waals surface area (Å²) in [6, 6.07) is 1.60. The lowest BCUT2D eigenvalue weighted by atomic mass is 10.1. The van der Waals surface area contributed by atoms with Crippen molar-refractivity contribution < 1.29 is 18.0 Å². The maximum Gasteiger partial charge on any atom is 0.283 e. The first-order chi connectivity index (χ1) is 17.2. The lowest BCUT2D eigenvalue weighted by Gasteiger charge is -2.24. The molecule has 0 saturated carbocycles. The summed E-state index contributed by atoms with van der Waals surface area (Å²) in [5.74, 6) is -2.06. The molecule has 0 bridgehead atoms. The summed E-state index contributed by atoms with van der Waals surface area (Å²) in [4.78, 5) is 30.8. The molecule has 0 aliphatic rings. The highest BCUT2D eigenvalue weighted by Gasteiger charge is 2.31. The number of alkyl halides is 2. The lowest BCUT2D eigenvalue weighted by Crippen LogP contribution is -2.29. The number of amides is 1. The summed E-state index contributed by atoms with van der Waals surface area (Å²) >= 11 is 7.33. The van der Waals surface area contributed by atoms with Crippen molar-refractivity contribution in [2.75, 3.05) is 11.2 Å². The second kappa shape index (κ2) is 10.6. The highest BCUT2D eigenvalue weighted by Crippen LogP contribution is 2.40. The molecule has 13 heteroatoms. The highest BCUT2D eigenvalue weighted by atomic mass is 35.5. The van der Waals surface area contributed by atoms with E-state index in [1.807, 2.05) is 20.1 Å². The third-order valence-corrected chi connectivity index (χ3v) is 6.27. The molecule has 4 aromatic rings. The molecule has 186 valence electrons. The largest absolute Gasteiger partial charge is 0.283 e. The van der Waals surface area contributed by atoms with Gasteiger partial charge in [0.1, 0.15) is 5.69 Å². The third kappa shape index (κ3) is 4.91. The average Bonchev–Trinajstić information content (AvgIpc) is 3.36. The van der Waals surface area contributed by atoms with Crippen LogP contribution in [0.2, 0.25) is 5.02 Å². The zero-order valence-corrected chi connectivity index (χ0v) is 20.8. The van der Waals surface area contributed by atoms with Crippen molar-refractivity contribution >= 4 is 40.6 Å². The fraction of sp³-hybridized carbons (Fsp3) is 0.217. The molecule has 0 N–H and O–H groups in total. The number of halogens is 4. The smallest absolute Gasteiger partial charge is 0.269 e. The van der Waals surface area contributed by atoms with Crippen LogP contribution in [0.15, 0.2) is 54.5 Å². The Morgan fingerprint density at radius 1 is 1.14 bits per heavy atom. The van der Waals surface area contributed by atoms with E-state index in [4.69, 9.17) is 11.6 Å². The van der Waals surface area contributed by atoms with E-state index in [0.717, 1.165) is 34.5 Å². The number of aryl methyl sites for hydroxylation is 1. The normalized spacial score (nSPS) is 12.1. The number of nitrogens with zero attached hydrogens (tertiary/aromatic N) is 7. The molecule has 3 aromatic heterocycles. The number of hydrogen-bond donors (Lipinski definition) is 0. The van der Waals surface area contributed by atoms with Crippen LogP contribution in [0.4, 0.5) is 24.5 Å². The molecular formula is C23H19ClF3N7OS. The molecule has 36 heavy (non-hydrogen) atoms. The molecule has 1 unspecified atom stereocenters. The number of hydrogen-bond acceptors (Lipinski definition) is 7. The minimum Gasteiger partial charge on any atom is -0.269 e. The summed E-state index contributed by atoms with van der Waals surface area (Å²) in [5.41, 5.74) is -0.0746. The zero-order chi connectivity index (χ0) is 26.0. The van der Waals surface area contributed by atoms with Gasteiger partial charge in [0.15, 0.2) is 11.0 Å². The number of anilines is 2. The maximum absolute atomic E-state index is 15.2. The van der Waals surface area contributed by atoms with Crippen LogP contribution in [0.1, 0.15) is 46.7 Å². The van der Waals surface area contributed by atoms with Crippen LogP contribution >= 0.6 is 23.4 Å². The van der Waals surface area contributed by atoms with Crippen molar-refractivity contribution in [3.63, 3.8) is 0 Å². The number of thioether (sulfide) groups is 1. The molecule has 0 radical (unpaired) electrons. The SMILES string of the molecule is CSc1ncc(C(C)n2cc(N(C(=O)c3cnccn3)c3c(C(F)F)ccc(Cl)c3F)cn2)c(C)n1. The number of benzene rings is 1. The van der Waals surface area contributed by atoms with Gasteiger partial charge < -0.3 is 0 Å². The summed E-state index contributed by atoms with van der Waals surface area (Å²) in [6.45, 7) is 3.67. The van der Waals surface area contributed by atoms with E-state index in [1.165, 1.54) is 41.2 Å². The molecule has 0 spiro atoms. The summed E-state index contributed by atoms with van der Waals surface area (Å²) in [6.07, 6.45) is 6.92.